The number of carboxylic acids is 1. The summed E-state index contributed by atoms with van der Waals surface area (Å²) in [5.74, 6) is -6.03. The Kier molecular flexibility index (Phi) is 27.8. The molecule has 7 amide bonds. The lowest BCUT2D eigenvalue weighted by Crippen LogP contribution is -2.59. The van der Waals surface area contributed by atoms with Crippen molar-refractivity contribution in [1.29, 1.82) is 10.8 Å². The van der Waals surface area contributed by atoms with Gasteiger partial charge in [0.1, 0.15) is 36.0 Å². The van der Waals surface area contributed by atoms with E-state index in [-0.39, 0.29) is 75.2 Å². The van der Waals surface area contributed by atoms with Crippen molar-refractivity contribution in [2.75, 3.05) is 26.2 Å². The van der Waals surface area contributed by atoms with Crippen molar-refractivity contribution >= 4 is 59.2 Å². The van der Waals surface area contributed by atoms with Crippen LogP contribution in [-0.4, -0.2) is 132 Å². The van der Waals surface area contributed by atoms with Crippen LogP contribution >= 0.6 is 0 Å². The Balaban J connectivity index is 0.00000571. The number of carbonyl (C=O) groups is 8. The third-order valence-electron chi connectivity index (χ3n) is 9.77. The monoisotopic (exact) mass is 969 g/mol. The van der Waals surface area contributed by atoms with Crippen molar-refractivity contribution in [3.63, 3.8) is 0 Å². The first kappa shape index (κ1) is 59.5. The average Bonchev–Trinajstić information content (AvgIpc) is 3.27. The lowest BCUT2D eigenvalue weighted by Gasteiger charge is -2.27. The standard InChI is InChI=1S/C43H68N14O8.C2H4O2/c1-5-49-38(62)31(13-9-19-50-42(45)46)55-39(63)32(14-10-20-51-43(47)48)56-40(64)33(21-25(2)3)57-41(65)34(23-27-11-7-6-8-12-27)54-35(59)24-52-36(60)26(4)53-37(61)30(44)22-28-15-17-29(58)18-16-28;1-2(3)4/h6-8,11-12,15-18,25-26,30-34,58H,5,9-10,13-14,19-24,44H2,1-4H3,(H,49,62)(H,52,60)(H,53,61)(H,54,59)(H,55,63)(H,56,64)(H,57,65)(H4,45,46,50)(H4,47,48,51);1H3,(H,3,4)/t26-,30+,31+,32+,33+,34+;/m1./s1. The molecule has 0 heterocycles. The van der Waals surface area contributed by atoms with Gasteiger partial charge in [-0.15, -0.1) is 0 Å². The number of benzene rings is 2. The molecule has 2 aromatic carbocycles. The Morgan fingerprint density at radius 3 is 1.58 bits per heavy atom. The number of carboxylic acid groups (broad SMARTS) is 1. The third kappa shape index (κ3) is 26.4. The zero-order valence-electron chi connectivity index (χ0n) is 39.9. The first-order valence-corrected chi connectivity index (χ1v) is 22.5. The maximum absolute atomic E-state index is 14.1. The summed E-state index contributed by atoms with van der Waals surface area (Å²) in [6, 6.07) is 8.27. The normalized spacial score (nSPS) is 13.1. The van der Waals surface area contributed by atoms with E-state index in [1.807, 2.05) is 13.8 Å². The van der Waals surface area contributed by atoms with Crippen molar-refractivity contribution in [3.8, 4) is 5.75 Å². The fraction of sp³-hybridized carbons (Fsp3) is 0.511. The van der Waals surface area contributed by atoms with Gasteiger partial charge < -0.3 is 75.3 Å². The summed E-state index contributed by atoms with van der Waals surface area (Å²) in [6.45, 7) is 8.09. The number of aromatic hydroxyl groups is 1. The lowest BCUT2D eigenvalue weighted by atomic mass is 10.00. The van der Waals surface area contributed by atoms with Crippen LogP contribution in [0.15, 0.2) is 54.6 Å². The van der Waals surface area contributed by atoms with E-state index in [1.165, 1.54) is 19.1 Å². The van der Waals surface area contributed by atoms with Gasteiger partial charge in [-0.3, -0.25) is 49.2 Å². The quantitative estimate of drug-likeness (QED) is 0.0246. The molecule has 0 aromatic heterocycles. The molecule has 0 saturated heterocycles. The molecule has 19 N–H and O–H groups in total. The zero-order valence-corrected chi connectivity index (χ0v) is 39.9. The van der Waals surface area contributed by atoms with E-state index >= 15 is 0 Å². The summed E-state index contributed by atoms with van der Waals surface area (Å²) >= 11 is 0. The molecule has 24 nitrogen and oxygen atoms in total. The minimum atomic E-state index is -1.23. The number of aliphatic carboxylic acids is 1. The highest BCUT2D eigenvalue weighted by Gasteiger charge is 2.32. The SMILES string of the molecule is CC(=O)O.CCNC(=O)[C@H](CCCNC(=N)N)NC(=O)[C@H](CCCNC(=N)N)NC(=O)[C@H](CC(C)C)NC(=O)[C@H](Cc1ccccc1)NC(=O)CNC(=O)[C@@H](C)NC(=O)[C@@H](N)Cc1ccc(O)cc1. The first-order valence-electron chi connectivity index (χ1n) is 22.5. The lowest BCUT2D eigenvalue weighted by molar-refractivity contribution is -0.135. The van der Waals surface area contributed by atoms with Crippen LogP contribution in [0.4, 0.5) is 0 Å². The molecule has 0 aliphatic heterocycles. The van der Waals surface area contributed by atoms with Gasteiger partial charge in [0.15, 0.2) is 11.9 Å². The molecule has 0 bridgehead atoms. The van der Waals surface area contributed by atoms with Gasteiger partial charge in [0, 0.05) is 33.0 Å². The second-order valence-corrected chi connectivity index (χ2v) is 16.4. The molecule has 0 radical (unpaired) electrons. The topological polar surface area (TPSA) is 411 Å². The molecule has 2 rings (SSSR count). The van der Waals surface area contributed by atoms with Gasteiger partial charge in [0.2, 0.25) is 41.4 Å². The molecule has 6 atom stereocenters. The molecule has 0 fully saturated rings. The van der Waals surface area contributed by atoms with Gasteiger partial charge in [-0.25, -0.2) is 0 Å². The Morgan fingerprint density at radius 2 is 1.07 bits per heavy atom. The summed E-state index contributed by atoms with van der Waals surface area (Å²) < 4.78 is 0. The first-order chi connectivity index (χ1) is 32.5. The van der Waals surface area contributed by atoms with Gasteiger partial charge in [-0.2, -0.15) is 0 Å². The van der Waals surface area contributed by atoms with E-state index < -0.39 is 90.1 Å². The fourth-order valence-electron chi connectivity index (χ4n) is 6.40. The van der Waals surface area contributed by atoms with Crippen LogP contribution in [0, 0.1) is 16.7 Å². The second kappa shape index (κ2) is 32.2. The summed E-state index contributed by atoms with van der Waals surface area (Å²) in [7, 11) is 0. The van der Waals surface area contributed by atoms with Gasteiger partial charge in [0.25, 0.3) is 5.97 Å². The van der Waals surface area contributed by atoms with Crippen LogP contribution in [0.2, 0.25) is 0 Å². The van der Waals surface area contributed by atoms with Gasteiger partial charge >= 0.3 is 0 Å². The molecule has 382 valence electrons. The van der Waals surface area contributed by atoms with Crippen LogP contribution in [0.25, 0.3) is 0 Å². The van der Waals surface area contributed by atoms with Gasteiger partial charge in [0.05, 0.1) is 12.6 Å². The van der Waals surface area contributed by atoms with Crippen LogP contribution in [-0.2, 0) is 51.2 Å². The number of rotatable bonds is 28. The third-order valence-corrected chi connectivity index (χ3v) is 9.77. The number of guanidine groups is 2. The molecule has 0 aliphatic carbocycles. The smallest absolute Gasteiger partial charge is 0.300 e. The maximum Gasteiger partial charge on any atom is 0.300 e. The second-order valence-electron chi connectivity index (χ2n) is 16.4. The van der Waals surface area contributed by atoms with E-state index in [1.54, 1.807) is 49.4 Å². The Morgan fingerprint density at radius 1 is 0.594 bits per heavy atom. The molecule has 0 aliphatic rings. The molecule has 69 heavy (non-hydrogen) atoms. The Hall–Kier alpha value is -7.50. The van der Waals surface area contributed by atoms with Crippen molar-refractivity contribution in [2.24, 2.45) is 23.1 Å². The highest BCUT2D eigenvalue weighted by Crippen LogP contribution is 2.12. The van der Waals surface area contributed by atoms with E-state index in [2.05, 4.69) is 47.9 Å². The predicted octanol–water partition coefficient (Wildman–Crippen LogP) is -2.14. The largest absolute Gasteiger partial charge is 0.508 e. The molecule has 2 aromatic rings. The summed E-state index contributed by atoms with van der Waals surface area (Å²) in [4.78, 5) is 103. The van der Waals surface area contributed by atoms with Gasteiger partial charge in [-0.05, 0) is 81.5 Å². The van der Waals surface area contributed by atoms with Crippen LogP contribution in [0.5, 0.6) is 5.75 Å². The number of amides is 7. The Bertz CT molecular complexity index is 2000. The number of nitrogens with one attached hydrogen (secondary N) is 11. The summed E-state index contributed by atoms with van der Waals surface area (Å²) in [5, 5.41) is 55.5. The Labute approximate surface area is 402 Å². The number of nitrogens with two attached hydrogens (primary N) is 3. The molecule has 0 unspecified atom stereocenters. The van der Waals surface area contributed by atoms with Crippen LogP contribution in [0.1, 0.15) is 77.8 Å². The minimum absolute atomic E-state index is 0.00505. The van der Waals surface area contributed by atoms with E-state index in [0.29, 0.717) is 24.1 Å². The highest BCUT2D eigenvalue weighted by atomic mass is 16.4. The fourth-order valence-corrected chi connectivity index (χ4v) is 6.40. The minimum Gasteiger partial charge on any atom is -0.508 e. The number of likely N-dealkylation sites (N-methyl/N-ethyl adjacent to an activating group) is 1. The molecular weight excluding hydrogens is 897 g/mol. The highest BCUT2D eigenvalue weighted by molar-refractivity contribution is 5.96. The van der Waals surface area contributed by atoms with E-state index in [4.69, 9.17) is 37.9 Å². The number of hydrogen-bond donors (Lipinski definition) is 16. The summed E-state index contributed by atoms with van der Waals surface area (Å²) in [5.41, 5.74) is 18.2. The van der Waals surface area contributed by atoms with Crippen molar-refractivity contribution in [1.82, 2.24) is 47.9 Å². The van der Waals surface area contributed by atoms with Crippen LogP contribution < -0.4 is 65.1 Å². The maximum atomic E-state index is 14.1. The average molecular weight is 969 g/mol. The number of phenolic OH excluding ortho intramolecular Hbond substituents is 1. The van der Waals surface area contributed by atoms with E-state index in [0.717, 1.165) is 6.92 Å². The summed E-state index contributed by atoms with van der Waals surface area (Å²) in [6.07, 6.45) is 1.16. The van der Waals surface area contributed by atoms with Crippen molar-refractivity contribution in [3.05, 3.63) is 65.7 Å². The van der Waals surface area contributed by atoms with E-state index in [9.17, 15) is 38.7 Å². The van der Waals surface area contributed by atoms with Crippen molar-refractivity contribution < 1.29 is 48.6 Å². The zero-order chi connectivity index (χ0) is 52.1. The molecular formula is C45H72N14O10. The number of hydrogen-bond acceptors (Lipinski definition) is 12. The number of carbonyl (C=O) groups excluding carboxylic acids is 7. The van der Waals surface area contributed by atoms with Gasteiger partial charge in [-0.1, -0.05) is 56.3 Å². The number of phenols is 1. The molecule has 0 spiro atoms. The van der Waals surface area contributed by atoms with Crippen LogP contribution in [0.3, 0.4) is 0 Å². The van der Waals surface area contributed by atoms with Crippen molar-refractivity contribution in [2.45, 2.75) is 116 Å². The predicted molar refractivity (Wildman–Crippen MR) is 258 cm³/mol. The molecule has 0 saturated carbocycles. The molecule has 24 heteroatoms.